The average Bonchev–Trinajstić information content (AvgIpc) is 3.48. The number of hydrogen-bond donors (Lipinski definition) is 1. The van der Waals surface area contributed by atoms with Gasteiger partial charge >= 0.3 is 5.97 Å². The average molecular weight is 565 g/mol. The van der Waals surface area contributed by atoms with Crippen molar-refractivity contribution in [3.8, 4) is 11.5 Å². The van der Waals surface area contributed by atoms with E-state index in [1.54, 1.807) is 26.0 Å². The second kappa shape index (κ2) is 13.0. The van der Waals surface area contributed by atoms with Crippen LogP contribution in [0, 0.1) is 0 Å². The molecule has 2 heterocycles. The third-order valence-electron chi connectivity index (χ3n) is 7.05. The van der Waals surface area contributed by atoms with Crippen molar-refractivity contribution in [2.45, 2.75) is 39.3 Å². The number of para-hydroxylation sites is 1. The summed E-state index contributed by atoms with van der Waals surface area (Å²) < 4.78 is 17.2. The highest BCUT2D eigenvalue weighted by Gasteiger charge is 2.37. The minimum Gasteiger partial charge on any atom is -0.463 e. The van der Waals surface area contributed by atoms with Crippen LogP contribution in [0.1, 0.15) is 53.6 Å². The van der Waals surface area contributed by atoms with E-state index in [1.165, 1.54) is 4.90 Å². The minimum atomic E-state index is -0.511. The van der Waals surface area contributed by atoms with E-state index in [1.807, 2.05) is 84.9 Å². The highest BCUT2D eigenvalue weighted by Crippen LogP contribution is 2.39. The monoisotopic (exact) mass is 564 g/mol. The summed E-state index contributed by atoms with van der Waals surface area (Å²) in [7, 11) is 0. The molecular weight excluding hydrogens is 532 g/mol. The summed E-state index contributed by atoms with van der Waals surface area (Å²) >= 11 is 0. The summed E-state index contributed by atoms with van der Waals surface area (Å²) in [5.41, 5.74) is 2.63. The Morgan fingerprint density at radius 3 is 2.38 bits per heavy atom. The van der Waals surface area contributed by atoms with Crippen LogP contribution < -0.4 is 10.1 Å². The summed E-state index contributed by atoms with van der Waals surface area (Å²) in [5, 5.41) is 2.84. The molecule has 1 unspecified atom stereocenters. The molecule has 0 bridgehead atoms. The van der Waals surface area contributed by atoms with E-state index in [9.17, 15) is 14.4 Å². The number of nitrogens with one attached hydrogen (secondary N) is 1. The topological polar surface area (TPSA) is 98.1 Å². The second-order valence-corrected chi connectivity index (χ2v) is 9.88. The third-order valence-corrected chi connectivity index (χ3v) is 7.05. The smallest absolute Gasteiger partial charge is 0.336 e. The lowest BCUT2D eigenvalue weighted by atomic mass is 9.83. The minimum absolute atomic E-state index is 0.0609. The zero-order valence-electron chi connectivity index (χ0n) is 23.5. The van der Waals surface area contributed by atoms with Gasteiger partial charge in [0.2, 0.25) is 5.91 Å². The summed E-state index contributed by atoms with van der Waals surface area (Å²) in [6, 6.07) is 29.6. The third kappa shape index (κ3) is 6.61. The number of ether oxygens (including phenoxy) is 2. The first kappa shape index (κ1) is 28.4. The number of carbonyl (C=O) groups is 3. The summed E-state index contributed by atoms with van der Waals surface area (Å²) in [5.74, 6) is 0.333. The van der Waals surface area contributed by atoms with Gasteiger partial charge in [0.25, 0.3) is 5.91 Å². The molecule has 4 aromatic rings. The van der Waals surface area contributed by atoms with Crippen molar-refractivity contribution in [1.29, 1.82) is 0 Å². The first-order chi connectivity index (χ1) is 20.4. The molecule has 1 aliphatic heterocycles. The van der Waals surface area contributed by atoms with Crippen molar-refractivity contribution in [3.05, 3.63) is 131 Å². The van der Waals surface area contributed by atoms with Gasteiger partial charge in [-0.15, -0.1) is 0 Å². The Labute approximate surface area is 244 Å². The van der Waals surface area contributed by atoms with Crippen LogP contribution >= 0.6 is 0 Å². The zero-order valence-corrected chi connectivity index (χ0v) is 23.5. The molecule has 0 saturated carbocycles. The zero-order chi connectivity index (χ0) is 29.5. The van der Waals surface area contributed by atoms with Gasteiger partial charge in [0.05, 0.1) is 18.7 Å². The van der Waals surface area contributed by atoms with Crippen LogP contribution in [0.4, 0.5) is 0 Å². The van der Waals surface area contributed by atoms with Gasteiger partial charge in [0.15, 0.2) is 5.76 Å². The molecule has 0 aliphatic carbocycles. The maximum atomic E-state index is 13.5. The van der Waals surface area contributed by atoms with Crippen molar-refractivity contribution in [2.75, 3.05) is 6.61 Å². The van der Waals surface area contributed by atoms with Crippen LogP contribution in [0.3, 0.4) is 0 Å². The second-order valence-electron chi connectivity index (χ2n) is 9.88. The molecule has 3 aromatic carbocycles. The van der Waals surface area contributed by atoms with Crippen molar-refractivity contribution >= 4 is 17.8 Å². The Morgan fingerprint density at radius 2 is 1.64 bits per heavy atom. The molecule has 0 fully saturated rings. The molecule has 8 nitrogen and oxygen atoms in total. The SMILES string of the molecule is CCOC(=O)C1=C(C)N(Cc2ccc(C(=O)NCc3ccccc3)o2)C(=O)CC1c1cccc(Oc2ccccc2)c1. The Hall–Kier alpha value is -5.11. The number of nitrogens with zero attached hydrogens (tertiary/aromatic N) is 1. The maximum absolute atomic E-state index is 13.5. The van der Waals surface area contributed by atoms with Crippen LogP contribution in [0.15, 0.2) is 113 Å². The van der Waals surface area contributed by atoms with Crippen LogP contribution in [-0.4, -0.2) is 29.3 Å². The number of carbonyl (C=O) groups excluding carboxylic acids is 3. The predicted molar refractivity (Wildman–Crippen MR) is 157 cm³/mol. The molecular formula is C34H32N2O6. The van der Waals surface area contributed by atoms with Gasteiger partial charge < -0.3 is 24.1 Å². The lowest BCUT2D eigenvalue weighted by Gasteiger charge is -2.34. The molecule has 1 aliphatic rings. The quantitative estimate of drug-likeness (QED) is 0.225. The number of esters is 1. The van der Waals surface area contributed by atoms with E-state index < -0.39 is 11.9 Å². The number of furan rings is 1. The molecule has 2 amide bonds. The molecule has 0 saturated heterocycles. The first-order valence-electron chi connectivity index (χ1n) is 13.8. The van der Waals surface area contributed by atoms with E-state index >= 15 is 0 Å². The van der Waals surface area contributed by atoms with Crippen LogP contribution in [-0.2, 0) is 27.4 Å². The van der Waals surface area contributed by atoms with Crippen LogP contribution in [0.2, 0.25) is 0 Å². The molecule has 5 rings (SSSR count). The highest BCUT2D eigenvalue weighted by atomic mass is 16.5. The van der Waals surface area contributed by atoms with E-state index in [0.29, 0.717) is 35.1 Å². The molecule has 1 N–H and O–H groups in total. The summed E-state index contributed by atoms with van der Waals surface area (Å²) in [4.78, 5) is 40.9. The number of allylic oxidation sites excluding steroid dienone is 1. The summed E-state index contributed by atoms with van der Waals surface area (Å²) in [6.45, 7) is 4.12. The van der Waals surface area contributed by atoms with Gasteiger partial charge in [0.1, 0.15) is 17.3 Å². The van der Waals surface area contributed by atoms with E-state index in [2.05, 4.69) is 5.32 Å². The number of rotatable bonds is 10. The van der Waals surface area contributed by atoms with Gasteiger partial charge in [-0.3, -0.25) is 9.59 Å². The summed E-state index contributed by atoms with van der Waals surface area (Å²) in [6.07, 6.45) is 0.0609. The number of benzene rings is 3. The Kier molecular flexibility index (Phi) is 8.82. The van der Waals surface area contributed by atoms with Gasteiger partial charge in [-0.25, -0.2) is 4.79 Å². The molecule has 42 heavy (non-hydrogen) atoms. The fourth-order valence-corrected chi connectivity index (χ4v) is 4.99. The lowest BCUT2D eigenvalue weighted by molar-refractivity contribution is -0.140. The fourth-order valence-electron chi connectivity index (χ4n) is 4.99. The number of hydrogen-bond acceptors (Lipinski definition) is 6. The van der Waals surface area contributed by atoms with E-state index in [0.717, 1.165) is 11.1 Å². The van der Waals surface area contributed by atoms with Gasteiger partial charge in [-0.1, -0.05) is 60.7 Å². The van der Waals surface area contributed by atoms with Crippen LogP contribution in [0.25, 0.3) is 0 Å². The van der Waals surface area contributed by atoms with Gasteiger partial charge in [-0.2, -0.15) is 0 Å². The molecule has 0 spiro atoms. The number of amides is 2. The molecule has 8 heteroatoms. The standard InChI is InChI=1S/C34H32N2O6/c1-3-40-34(39)32-23(2)36(22-28-17-18-30(42-28)33(38)35-21-24-11-6-4-7-12-24)31(37)20-29(32)25-13-10-16-27(19-25)41-26-14-8-5-9-15-26/h4-19,29H,3,20-22H2,1-2H3,(H,35,38). The normalized spacial score (nSPS) is 15.0. The lowest BCUT2D eigenvalue weighted by Crippen LogP contribution is -2.38. The Bertz CT molecular complexity index is 1590. The fraction of sp³-hybridized carbons (Fsp3) is 0.206. The predicted octanol–water partition coefficient (Wildman–Crippen LogP) is 6.36. The molecule has 1 aromatic heterocycles. The molecule has 0 radical (unpaired) electrons. The van der Waals surface area contributed by atoms with Crippen LogP contribution in [0.5, 0.6) is 11.5 Å². The maximum Gasteiger partial charge on any atom is 0.336 e. The van der Waals surface area contributed by atoms with Crippen molar-refractivity contribution in [2.24, 2.45) is 0 Å². The van der Waals surface area contributed by atoms with Crippen molar-refractivity contribution in [1.82, 2.24) is 10.2 Å². The Morgan fingerprint density at radius 1 is 0.929 bits per heavy atom. The first-order valence-corrected chi connectivity index (χ1v) is 13.8. The Balaban J connectivity index is 1.36. The van der Waals surface area contributed by atoms with Gasteiger partial charge in [-0.05, 0) is 61.4 Å². The van der Waals surface area contributed by atoms with Gasteiger partial charge in [0, 0.05) is 24.6 Å². The van der Waals surface area contributed by atoms with Crippen molar-refractivity contribution < 1.29 is 28.3 Å². The molecule has 214 valence electrons. The van der Waals surface area contributed by atoms with E-state index in [-0.39, 0.29) is 37.1 Å². The largest absolute Gasteiger partial charge is 0.463 e. The van der Waals surface area contributed by atoms with E-state index in [4.69, 9.17) is 13.9 Å². The van der Waals surface area contributed by atoms with Crippen molar-refractivity contribution in [3.63, 3.8) is 0 Å². The highest BCUT2D eigenvalue weighted by molar-refractivity contribution is 5.96. The molecule has 1 atom stereocenters.